The molecule has 1 rings (SSSR count). The van der Waals surface area contributed by atoms with Gasteiger partial charge < -0.3 is 20.5 Å². The van der Waals surface area contributed by atoms with Crippen molar-refractivity contribution in [2.45, 2.75) is 6.54 Å². The van der Waals surface area contributed by atoms with Gasteiger partial charge in [-0.3, -0.25) is 9.78 Å². The van der Waals surface area contributed by atoms with Crippen molar-refractivity contribution >= 4 is 5.91 Å². The van der Waals surface area contributed by atoms with Crippen molar-refractivity contribution in [3.63, 3.8) is 0 Å². The second kappa shape index (κ2) is 6.82. The molecule has 0 aliphatic carbocycles. The summed E-state index contributed by atoms with van der Waals surface area (Å²) in [6.45, 7) is 1.11. The molecule has 0 atom stereocenters. The van der Waals surface area contributed by atoms with Crippen LogP contribution in [0.1, 0.15) is 16.1 Å². The summed E-state index contributed by atoms with van der Waals surface area (Å²) in [7, 11) is 3.09. The molecular formula is C11H17N3O3. The molecule has 94 valence electrons. The Morgan fingerprint density at radius 3 is 2.94 bits per heavy atom. The van der Waals surface area contributed by atoms with Gasteiger partial charge in [0.05, 0.1) is 13.7 Å². The SMILES string of the molecule is CNC(=O)c1cc(OC)c(CNCCO)cn1. The average Bonchev–Trinajstić information content (AvgIpc) is 2.38. The van der Waals surface area contributed by atoms with Gasteiger partial charge in [-0.25, -0.2) is 0 Å². The minimum absolute atomic E-state index is 0.0755. The zero-order chi connectivity index (χ0) is 12.7. The molecule has 1 aromatic rings. The van der Waals surface area contributed by atoms with Gasteiger partial charge >= 0.3 is 0 Å². The highest BCUT2D eigenvalue weighted by Crippen LogP contribution is 2.18. The first-order chi connectivity index (χ1) is 8.22. The molecule has 0 unspecified atom stereocenters. The number of aromatic nitrogens is 1. The number of methoxy groups -OCH3 is 1. The van der Waals surface area contributed by atoms with Gasteiger partial charge in [0.15, 0.2) is 0 Å². The van der Waals surface area contributed by atoms with Crippen LogP contribution in [0.15, 0.2) is 12.3 Å². The van der Waals surface area contributed by atoms with E-state index in [1.807, 2.05) is 0 Å². The van der Waals surface area contributed by atoms with E-state index in [-0.39, 0.29) is 12.5 Å². The number of amides is 1. The second-order valence-electron chi connectivity index (χ2n) is 3.36. The Hall–Kier alpha value is -1.66. The summed E-state index contributed by atoms with van der Waals surface area (Å²) in [5.41, 5.74) is 1.16. The number of rotatable bonds is 6. The largest absolute Gasteiger partial charge is 0.496 e. The van der Waals surface area contributed by atoms with E-state index in [0.29, 0.717) is 24.5 Å². The average molecular weight is 239 g/mol. The van der Waals surface area contributed by atoms with Crippen molar-refractivity contribution in [3.8, 4) is 5.75 Å². The molecule has 0 aliphatic rings. The molecule has 17 heavy (non-hydrogen) atoms. The summed E-state index contributed by atoms with van der Waals surface area (Å²) in [5.74, 6) is 0.349. The van der Waals surface area contributed by atoms with E-state index < -0.39 is 0 Å². The van der Waals surface area contributed by atoms with Crippen LogP contribution in [0.5, 0.6) is 5.75 Å². The van der Waals surface area contributed by atoms with Gasteiger partial charge in [0.25, 0.3) is 5.91 Å². The van der Waals surface area contributed by atoms with Crippen molar-refractivity contribution in [1.29, 1.82) is 0 Å². The van der Waals surface area contributed by atoms with Gasteiger partial charge in [0.1, 0.15) is 11.4 Å². The van der Waals surface area contributed by atoms with Gasteiger partial charge in [-0.1, -0.05) is 0 Å². The first-order valence-corrected chi connectivity index (χ1v) is 5.29. The maximum Gasteiger partial charge on any atom is 0.269 e. The molecule has 0 saturated carbocycles. The number of hydrogen-bond donors (Lipinski definition) is 3. The molecule has 1 aromatic heterocycles. The van der Waals surface area contributed by atoms with Crippen molar-refractivity contribution in [3.05, 3.63) is 23.5 Å². The molecule has 6 heteroatoms. The monoisotopic (exact) mass is 239 g/mol. The highest BCUT2D eigenvalue weighted by molar-refractivity contribution is 5.92. The topological polar surface area (TPSA) is 83.5 Å². The zero-order valence-electron chi connectivity index (χ0n) is 9.99. The molecule has 0 saturated heterocycles. The number of aliphatic hydroxyl groups excluding tert-OH is 1. The van der Waals surface area contributed by atoms with E-state index >= 15 is 0 Å². The molecular weight excluding hydrogens is 222 g/mol. The van der Waals surface area contributed by atoms with Gasteiger partial charge in [0.2, 0.25) is 0 Å². The predicted molar refractivity (Wildman–Crippen MR) is 63.0 cm³/mol. The van der Waals surface area contributed by atoms with Crippen LogP contribution in [0.2, 0.25) is 0 Å². The second-order valence-corrected chi connectivity index (χ2v) is 3.36. The van der Waals surface area contributed by atoms with E-state index in [9.17, 15) is 4.79 Å². The van der Waals surface area contributed by atoms with Crippen LogP contribution >= 0.6 is 0 Å². The maximum absolute atomic E-state index is 11.4. The normalized spacial score (nSPS) is 10.1. The Morgan fingerprint density at radius 1 is 1.59 bits per heavy atom. The van der Waals surface area contributed by atoms with Crippen molar-refractivity contribution < 1.29 is 14.6 Å². The number of carbonyl (C=O) groups excluding carboxylic acids is 1. The standard InChI is InChI=1S/C11H17N3O3/c1-12-11(16)9-5-10(17-2)8(7-14-9)6-13-3-4-15/h5,7,13,15H,3-4,6H2,1-2H3,(H,12,16). The summed E-state index contributed by atoms with van der Waals surface area (Å²) in [4.78, 5) is 15.4. The van der Waals surface area contributed by atoms with E-state index in [1.165, 1.54) is 0 Å². The third kappa shape index (κ3) is 3.69. The molecule has 1 amide bonds. The molecule has 3 N–H and O–H groups in total. The maximum atomic E-state index is 11.4. The van der Waals surface area contributed by atoms with E-state index in [4.69, 9.17) is 9.84 Å². The van der Waals surface area contributed by atoms with Crippen molar-refractivity contribution in [2.24, 2.45) is 0 Å². The summed E-state index contributed by atoms with van der Waals surface area (Å²) in [5, 5.41) is 14.2. The highest BCUT2D eigenvalue weighted by Gasteiger charge is 2.10. The lowest BCUT2D eigenvalue weighted by atomic mass is 10.2. The van der Waals surface area contributed by atoms with Gasteiger partial charge in [-0.2, -0.15) is 0 Å². The smallest absolute Gasteiger partial charge is 0.269 e. The Bertz CT molecular complexity index is 382. The number of ether oxygens (including phenoxy) is 1. The lowest BCUT2D eigenvalue weighted by Crippen LogP contribution is -2.21. The molecule has 0 bridgehead atoms. The summed E-state index contributed by atoms with van der Waals surface area (Å²) in [6, 6.07) is 1.59. The van der Waals surface area contributed by atoms with Crippen LogP contribution in [0.3, 0.4) is 0 Å². The summed E-state index contributed by atoms with van der Waals surface area (Å²) in [6.07, 6.45) is 1.59. The number of pyridine rings is 1. The number of nitrogens with one attached hydrogen (secondary N) is 2. The first-order valence-electron chi connectivity index (χ1n) is 5.29. The molecule has 0 fully saturated rings. The zero-order valence-corrected chi connectivity index (χ0v) is 9.99. The van der Waals surface area contributed by atoms with E-state index in [1.54, 1.807) is 26.4 Å². The molecule has 0 spiro atoms. The third-order valence-electron chi connectivity index (χ3n) is 2.23. The lowest BCUT2D eigenvalue weighted by Gasteiger charge is -2.10. The van der Waals surface area contributed by atoms with Crippen LogP contribution in [0.4, 0.5) is 0 Å². The summed E-state index contributed by atoms with van der Waals surface area (Å²) < 4.78 is 5.19. The first kappa shape index (κ1) is 13.4. The van der Waals surface area contributed by atoms with E-state index in [2.05, 4.69) is 15.6 Å². The van der Waals surface area contributed by atoms with Crippen LogP contribution < -0.4 is 15.4 Å². The molecule has 0 aliphatic heterocycles. The van der Waals surface area contributed by atoms with Crippen LogP contribution in [-0.2, 0) is 6.54 Å². The lowest BCUT2D eigenvalue weighted by molar-refractivity contribution is 0.0957. The Kier molecular flexibility index (Phi) is 5.38. The number of aliphatic hydroxyl groups is 1. The molecule has 0 radical (unpaired) electrons. The quantitative estimate of drug-likeness (QED) is 0.585. The predicted octanol–water partition coefficient (Wildman–Crippen LogP) is -0.468. The van der Waals surface area contributed by atoms with E-state index in [0.717, 1.165) is 5.56 Å². The number of nitrogens with zero attached hydrogens (tertiary/aromatic N) is 1. The number of hydrogen-bond acceptors (Lipinski definition) is 5. The fourth-order valence-electron chi connectivity index (χ4n) is 1.34. The van der Waals surface area contributed by atoms with Crippen molar-refractivity contribution in [1.82, 2.24) is 15.6 Å². The van der Waals surface area contributed by atoms with Crippen LogP contribution in [0, 0.1) is 0 Å². The Balaban J connectivity index is 2.81. The van der Waals surface area contributed by atoms with Crippen LogP contribution in [0.25, 0.3) is 0 Å². The fourth-order valence-corrected chi connectivity index (χ4v) is 1.34. The molecule has 1 heterocycles. The minimum atomic E-state index is -0.252. The van der Waals surface area contributed by atoms with Gasteiger partial charge in [-0.15, -0.1) is 0 Å². The van der Waals surface area contributed by atoms with Crippen molar-refractivity contribution in [2.75, 3.05) is 27.3 Å². The minimum Gasteiger partial charge on any atom is -0.496 e. The third-order valence-corrected chi connectivity index (χ3v) is 2.23. The highest BCUT2D eigenvalue weighted by atomic mass is 16.5. The molecule has 6 nitrogen and oxygen atoms in total. The van der Waals surface area contributed by atoms with Gasteiger partial charge in [0, 0.05) is 38.0 Å². The fraction of sp³-hybridized carbons (Fsp3) is 0.455. The summed E-state index contributed by atoms with van der Waals surface area (Å²) >= 11 is 0. The number of carbonyl (C=O) groups is 1. The Labute approximate surface area is 100 Å². The molecule has 0 aromatic carbocycles. The van der Waals surface area contributed by atoms with Crippen LogP contribution in [-0.4, -0.2) is 43.3 Å². The Morgan fingerprint density at radius 2 is 2.35 bits per heavy atom. The van der Waals surface area contributed by atoms with Gasteiger partial charge in [-0.05, 0) is 0 Å².